The molecule has 6 N–H and O–H groups in total. The van der Waals surface area contributed by atoms with E-state index in [0.29, 0.717) is 12.5 Å². The minimum absolute atomic E-state index is 0.0463. The van der Waals surface area contributed by atoms with Crippen molar-refractivity contribution in [3.8, 4) is 0 Å². The van der Waals surface area contributed by atoms with Gasteiger partial charge in [-0.2, -0.15) is 0 Å². The smallest absolute Gasteiger partial charge is 0.112 e. The van der Waals surface area contributed by atoms with Gasteiger partial charge in [-0.1, -0.05) is 6.92 Å². The molecule has 4 heterocycles. The summed E-state index contributed by atoms with van der Waals surface area (Å²) < 4.78 is 20.4. The van der Waals surface area contributed by atoms with Crippen LogP contribution in [0.2, 0.25) is 0 Å². The molecule has 10 nitrogen and oxygen atoms in total. The number of aliphatic hydroxyl groups is 6. The Labute approximate surface area is 164 Å². The van der Waals surface area contributed by atoms with Crippen molar-refractivity contribution in [1.29, 1.82) is 0 Å². The molecular weight excluding hydrogens is 376 g/mol. The third-order valence-corrected chi connectivity index (χ3v) is 5.43. The summed E-state index contributed by atoms with van der Waals surface area (Å²) in [5.41, 5.74) is 0. The molecule has 4 saturated heterocycles. The van der Waals surface area contributed by atoms with Crippen molar-refractivity contribution in [3.05, 3.63) is 0 Å². The Hall–Kier alpha value is -0.400. The second kappa shape index (κ2) is 10.6. The molecule has 0 aromatic rings. The van der Waals surface area contributed by atoms with Crippen LogP contribution in [0, 0.1) is 5.92 Å². The number of aliphatic hydroxyl groups excluding tert-OH is 6. The van der Waals surface area contributed by atoms with Crippen molar-refractivity contribution >= 4 is 0 Å². The predicted octanol–water partition coefficient (Wildman–Crippen LogP) is -2.60. The fourth-order valence-electron chi connectivity index (χ4n) is 3.38. The minimum atomic E-state index is -1.07. The third-order valence-electron chi connectivity index (χ3n) is 5.43. The first-order valence-electron chi connectivity index (χ1n) is 9.68. The maximum Gasteiger partial charge on any atom is 0.112 e. The van der Waals surface area contributed by atoms with Crippen LogP contribution >= 0.6 is 0 Å². The van der Waals surface area contributed by atoms with E-state index in [4.69, 9.17) is 44.5 Å². The lowest BCUT2D eigenvalue weighted by atomic mass is 10.0. The predicted molar refractivity (Wildman–Crippen MR) is 95.5 cm³/mol. The van der Waals surface area contributed by atoms with Gasteiger partial charge in [0.05, 0.1) is 44.7 Å². The highest BCUT2D eigenvalue weighted by Gasteiger charge is 2.44. The molecule has 0 aromatic carbocycles. The topological polar surface area (TPSA) is 158 Å². The van der Waals surface area contributed by atoms with Crippen LogP contribution in [0.5, 0.6) is 0 Å². The monoisotopic (exact) mass is 410 g/mol. The summed E-state index contributed by atoms with van der Waals surface area (Å²) in [7, 11) is 0. The second-order valence-corrected chi connectivity index (χ2v) is 7.82. The molecule has 10 heteroatoms. The van der Waals surface area contributed by atoms with E-state index in [2.05, 4.69) is 6.92 Å². The molecule has 166 valence electrons. The molecule has 0 aromatic heterocycles. The van der Waals surface area contributed by atoms with Crippen LogP contribution < -0.4 is 0 Å². The van der Waals surface area contributed by atoms with Gasteiger partial charge in [-0.05, 0) is 13.8 Å². The van der Waals surface area contributed by atoms with Crippen molar-refractivity contribution < 1.29 is 49.6 Å². The van der Waals surface area contributed by atoms with E-state index in [1.54, 1.807) is 13.8 Å². The number of rotatable bonds is 0. The number of fused-ring (bicyclic) bond motifs is 1. The standard InChI is InChI=1S/C7H12O3.C6H12O4.C5H10O3/c1-4-2-9-7-5(8)3-10-6(4)7;1-3-5(8)6(9)4(7)2-10-3;1-3-5(7)4(6)2-8-3/h4-8H,2-3H2,1H3;3-9H,2H2,1H3;3-7H,2H2,1H3/t;;3-,4?,5+/m..1/s1. The van der Waals surface area contributed by atoms with E-state index in [9.17, 15) is 5.11 Å². The Kier molecular flexibility index (Phi) is 9.02. The normalized spacial score (nSPS) is 50.2. The van der Waals surface area contributed by atoms with Crippen molar-refractivity contribution in [2.75, 3.05) is 26.4 Å². The largest absolute Gasteiger partial charge is 0.388 e. The molecule has 11 atom stereocenters. The lowest BCUT2D eigenvalue weighted by Gasteiger charge is -2.33. The lowest BCUT2D eigenvalue weighted by Crippen LogP contribution is -2.51. The minimum Gasteiger partial charge on any atom is -0.388 e. The quantitative estimate of drug-likeness (QED) is 0.250. The summed E-state index contributed by atoms with van der Waals surface area (Å²) >= 11 is 0. The van der Waals surface area contributed by atoms with Gasteiger partial charge in [0, 0.05) is 5.92 Å². The first-order valence-corrected chi connectivity index (χ1v) is 9.68. The second-order valence-electron chi connectivity index (χ2n) is 7.82. The van der Waals surface area contributed by atoms with Gasteiger partial charge in [0.15, 0.2) is 0 Å². The third kappa shape index (κ3) is 5.82. The van der Waals surface area contributed by atoms with Crippen LogP contribution in [0.1, 0.15) is 20.8 Å². The first kappa shape index (κ1) is 23.9. The molecule has 0 spiro atoms. The molecule has 4 fully saturated rings. The molecule has 9 unspecified atom stereocenters. The zero-order valence-electron chi connectivity index (χ0n) is 16.5. The van der Waals surface area contributed by atoms with Gasteiger partial charge in [0.2, 0.25) is 0 Å². The molecule has 0 radical (unpaired) electrons. The highest BCUT2D eigenvalue weighted by molar-refractivity contribution is 4.92. The Morgan fingerprint density at radius 1 is 0.500 bits per heavy atom. The Morgan fingerprint density at radius 3 is 1.43 bits per heavy atom. The Balaban J connectivity index is 0.000000151. The van der Waals surface area contributed by atoms with Crippen LogP contribution in [0.15, 0.2) is 0 Å². The van der Waals surface area contributed by atoms with Gasteiger partial charge in [-0.3, -0.25) is 0 Å². The summed E-state index contributed by atoms with van der Waals surface area (Å²) in [6.07, 6.45) is -5.23. The zero-order chi connectivity index (χ0) is 21.0. The molecule has 0 aliphatic carbocycles. The van der Waals surface area contributed by atoms with Gasteiger partial charge in [-0.15, -0.1) is 0 Å². The van der Waals surface area contributed by atoms with Crippen molar-refractivity contribution in [2.45, 2.75) is 81.8 Å². The maximum absolute atomic E-state index is 9.27. The molecular formula is C18H34O10. The zero-order valence-corrected chi connectivity index (χ0v) is 16.5. The summed E-state index contributed by atoms with van der Waals surface area (Å²) in [4.78, 5) is 0. The number of hydrogen-bond donors (Lipinski definition) is 6. The molecule has 0 saturated carbocycles. The molecule has 28 heavy (non-hydrogen) atoms. The van der Waals surface area contributed by atoms with Gasteiger partial charge >= 0.3 is 0 Å². The Bertz CT molecular complexity index is 426. The van der Waals surface area contributed by atoms with E-state index in [-0.39, 0.29) is 31.5 Å². The average molecular weight is 410 g/mol. The number of ether oxygens (including phenoxy) is 4. The highest BCUT2D eigenvalue weighted by Crippen LogP contribution is 2.30. The van der Waals surface area contributed by atoms with Crippen LogP contribution in [-0.4, -0.2) is 118 Å². The maximum atomic E-state index is 9.27. The van der Waals surface area contributed by atoms with Crippen LogP contribution in [0.25, 0.3) is 0 Å². The highest BCUT2D eigenvalue weighted by atomic mass is 16.6. The van der Waals surface area contributed by atoms with Crippen LogP contribution in [0.4, 0.5) is 0 Å². The summed E-state index contributed by atoms with van der Waals surface area (Å²) in [6.45, 7) is 7.01. The van der Waals surface area contributed by atoms with E-state index in [1.807, 2.05) is 0 Å². The summed E-state index contributed by atoms with van der Waals surface area (Å²) in [6, 6.07) is 0. The van der Waals surface area contributed by atoms with Gasteiger partial charge < -0.3 is 49.6 Å². The fraction of sp³-hybridized carbons (Fsp3) is 1.00. The number of hydrogen-bond acceptors (Lipinski definition) is 10. The summed E-state index contributed by atoms with van der Waals surface area (Å²) in [5.74, 6) is 0.446. The van der Waals surface area contributed by atoms with E-state index in [0.717, 1.165) is 6.61 Å². The van der Waals surface area contributed by atoms with E-state index >= 15 is 0 Å². The summed E-state index contributed by atoms with van der Waals surface area (Å²) in [5, 5.41) is 54.0. The Morgan fingerprint density at radius 2 is 0.964 bits per heavy atom. The first-order chi connectivity index (χ1) is 13.1. The van der Waals surface area contributed by atoms with Crippen molar-refractivity contribution in [1.82, 2.24) is 0 Å². The lowest BCUT2D eigenvalue weighted by molar-refractivity contribution is -0.181. The van der Waals surface area contributed by atoms with Gasteiger partial charge in [-0.25, -0.2) is 0 Å². The molecule has 4 aliphatic heterocycles. The molecule has 0 bridgehead atoms. The van der Waals surface area contributed by atoms with Crippen molar-refractivity contribution in [3.63, 3.8) is 0 Å². The fourth-order valence-corrected chi connectivity index (χ4v) is 3.38. The van der Waals surface area contributed by atoms with Crippen molar-refractivity contribution in [2.24, 2.45) is 5.92 Å². The SMILES string of the molecule is CC1COC2C(O)COC12.CC1OCC(O)C(O)C1O.C[C@H]1OCC(O)[C@H]1O. The molecule has 4 aliphatic rings. The molecule has 4 rings (SSSR count). The van der Waals surface area contributed by atoms with Gasteiger partial charge in [0.1, 0.15) is 42.7 Å². The van der Waals surface area contributed by atoms with Gasteiger partial charge in [0.25, 0.3) is 0 Å². The molecule has 0 amide bonds. The average Bonchev–Trinajstić information content (AvgIpc) is 3.32. The van der Waals surface area contributed by atoms with Crippen LogP contribution in [-0.2, 0) is 18.9 Å². The van der Waals surface area contributed by atoms with E-state index < -0.39 is 42.7 Å². The van der Waals surface area contributed by atoms with Crippen LogP contribution in [0.3, 0.4) is 0 Å². The van der Waals surface area contributed by atoms with E-state index in [1.165, 1.54) is 0 Å².